The average molecular weight is 602 g/mol. The van der Waals surface area contributed by atoms with Gasteiger partial charge in [-0.05, 0) is 47.9 Å². The zero-order chi connectivity index (χ0) is 31.5. The Morgan fingerprint density at radius 2 is 1.58 bits per heavy atom. The molecule has 1 amide bonds. The number of benzene rings is 4. The van der Waals surface area contributed by atoms with E-state index >= 15 is 0 Å². The summed E-state index contributed by atoms with van der Waals surface area (Å²) in [5.74, 6) is -0.0475. The Labute approximate surface area is 266 Å². The number of fused-ring (bicyclic) bond motifs is 5. The van der Waals surface area contributed by atoms with Gasteiger partial charge in [0.05, 0.1) is 25.4 Å². The summed E-state index contributed by atoms with van der Waals surface area (Å²) >= 11 is 0. The smallest absolute Gasteiger partial charge is 0.271 e. The third kappa shape index (κ3) is 6.32. The Morgan fingerprint density at radius 1 is 0.911 bits per heavy atom. The monoisotopic (exact) mass is 601 g/mol. The molecule has 0 saturated heterocycles. The van der Waals surface area contributed by atoms with Crippen molar-refractivity contribution in [2.24, 2.45) is 13.0 Å². The fraction of sp³-hybridized carbons (Fsp3) is 0.308. The lowest BCUT2D eigenvalue weighted by Crippen LogP contribution is -2.47. The van der Waals surface area contributed by atoms with Crippen LogP contribution in [0.15, 0.2) is 103 Å². The predicted octanol–water partition coefficient (Wildman–Crippen LogP) is 7.00. The molecule has 1 aliphatic rings. The SMILES string of the molecule is C[C@@H]1CN([C@@H](C)CO)C(=O)c2c(c3ccccc3n2C)-c2ccccc2CO[C@H]1CN(C)Cc1ccc(-c2ccccc2)cc1. The molecule has 1 N–H and O–H groups in total. The lowest BCUT2D eigenvalue weighted by molar-refractivity contribution is -0.0242. The molecular weight excluding hydrogens is 558 g/mol. The Kier molecular flexibility index (Phi) is 9.17. The van der Waals surface area contributed by atoms with Crippen LogP contribution in [0.25, 0.3) is 33.2 Å². The summed E-state index contributed by atoms with van der Waals surface area (Å²) in [7, 11) is 4.09. The molecule has 0 bridgehead atoms. The van der Waals surface area contributed by atoms with E-state index in [1.807, 2.05) is 53.8 Å². The molecule has 0 fully saturated rings. The molecule has 232 valence electrons. The molecule has 4 aromatic carbocycles. The maximum Gasteiger partial charge on any atom is 0.271 e. The van der Waals surface area contributed by atoms with Crippen LogP contribution in [0.3, 0.4) is 0 Å². The molecule has 3 atom stereocenters. The van der Waals surface area contributed by atoms with E-state index in [9.17, 15) is 9.90 Å². The molecule has 0 saturated carbocycles. The number of nitrogens with zero attached hydrogens (tertiary/aromatic N) is 3. The number of aliphatic hydroxyl groups excluding tert-OH is 1. The number of aryl methyl sites for hydroxylation is 1. The molecule has 6 nitrogen and oxygen atoms in total. The quantitative estimate of drug-likeness (QED) is 0.218. The third-order valence-electron chi connectivity index (χ3n) is 9.23. The van der Waals surface area contributed by atoms with Crippen molar-refractivity contribution in [1.29, 1.82) is 0 Å². The van der Waals surface area contributed by atoms with Crippen molar-refractivity contribution in [1.82, 2.24) is 14.4 Å². The first-order valence-corrected chi connectivity index (χ1v) is 15.9. The molecular formula is C39H43N3O3. The number of hydrogen-bond acceptors (Lipinski definition) is 4. The van der Waals surface area contributed by atoms with Gasteiger partial charge in [-0.25, -0.2) is 0 Å². The van der Waals surface area contributed by atoms with E-state index in [0.29, 0.717) is 25.4 Å². The molecule has 6 heteroatoms. The van der Waals surface area contributed by atoms with Gasteiger partial charge in [-0.3, -0.25) is 9.69 Å². The number of rotatable bonds is 7. The predicted molar refractivity (Wildman–Crippen MR) is 182 cm³/mol. The van der Waals surface area contributed by atoms with Gasteiger partial charge in [0.1, 0.15) is 5.69 Å². The first-order valence-electron chi connectivity index (χ1n) is 15.9. The Hall–Kier alpha value is -4.23. The normalized spacial score (nSPS) is 18.0. The van der Waals surface area contributed by atoms with E-state index in [-0.39, 0.29) is 30.6 Å². The summed E-state index contributed by atoms with van der Waals surface area (Å²) in [5, 5.41) is 11.3. The van der Waals surface area contributed by atoms with Crippen molar-refractivity contribution in [3.8, 4) is 22.3 Å². The maximum atomic E-state index is 14.6. The second-order valence-corrected chi connectivity index (χ2v) is 12.5. The Bertz CT molecular complexity index is 1760. The molecule has 1 aromatic heterocycles. The van der Waals surface area contributed by atoms with Crippen LogP contribution in [-0.2, 0) is 24.9 Å². The summed E-state index contributed by atoms with van der Waals surface area (Å²) in [4.78, 5) is 18.7. The molecule has 2 heterocycles. The van der Waals surface area contributed by atoms with Crippen molar-refractivity contribution in [2.45, 2.75) is 39.1 Å². The van der Waals surface area contributed by atoms with Gasteiger partial charge in [0.2, 0.25) is 0 Å². The maximum absolute atomic E-state index is 14.6. The van der Waals surface area contributed by atoms with E-state index in [0.717, 1.165) is 34.1 Å². The molecule has 0 spiro atoms. The summed E-state index contributed by atoms with van der Waals surface area (Å²) in [6.45, 7) is 6.37. The third-order valence-corrected chi connectivity index (χ3v) is 9.23. The highest BCUT2D eigenvalue weighted by Gasteiger charge is 2.33. The Balaban J connectivity index is 1.31. The second kappa shape index (κ2) is 13.4. The topological polar surface area (TPSA) is 57.9 Å². The lowest BCUT2D eigenvalue weighted by Gasteiger charge is -2.35. The standard InChI is InChI=1S/C39H43N3O3/c1-27-22-42(28(2)25-43)39(44)38-37(34-16-10-11-17-35(34)41(38)4)33-15-9-8-14-32(33)26-45-36(27)24-40(3)23-29-18-20-31(21-19-29)30-12-6-5-7-13-30/h5-21,27-28,36,43H,22-26H2,1-4H3/t27-,28+,36+/m1/s1. The van der Waals surface area contributed by atoms with E-state index in [1.54, 1.807) is 0 Å². The van der Waals surface area contributed by atoms with Crippen LogP contribution >= 0.6 is 0 Å². The largest absolute Gasteiger partial charge is 0.394 e. The summed E-state index contributed by atoms with van der Waals surface area (Å²) in [5.41, 5.74) is 8.29. The Morgan fingerprint density at radius 3 is 2.33 bits per heavy atom. The second-order valence-electron chi connectivity index (χ2n) is 12.5. The van der Waals surface area contributed by atoms with Crippen LogP contribution < -0.4 is 0 Å². The number of hydrogen-bond donors (Lipinski definition) is 1. The van der Waals surface area contributed by atoms with Crippen molar-refractivity contribution >= 4 is 16.8 Å². The minimum atomic E-state index is -0.344. The number of carbonyl (C=O) groups is 1. The van der Waals surface area contributed by atoms with Crippen LogP contribution in [0.5, 0.6) is 0 Å². The average Bonchev–Trinajstić information content (AvgIpc) is 3.36. The highest BCUT2D eigenvalue weighted by molar-refractivity contribution is 6.10. The van der Waals surface area contributed by atoms with Gasteiger partial charge in [-0.1, -0.05) is 104 Å². The van der Waals surface area contributed by atoms with Gasteiger partial charge in [-0.15, -0.1) is 0 Å². The van der Waals surface area contributed by atoms with E-state index in [4.69, 9.17) is 4.74 Å². The van der Waals surface area contributed by atoms with Gasteiger partial charge in [0, 0.05) is 49.1 Å². The van der Waals surface area contributed by atoms with E-state index in [2.05, 4.69) is 91.7 Å². The van der Waals surface area contributed by atoms with Crippen LogP contribution in [0.4, 0.5) is 0 Å². The number of ether oxygens (including phenoxy) is 1. The van der Waals surface area contributed by atoms with Gasteiger partial charge in [0.25, 0.3) is 5.91 Å². The minimum Gasteiger partial charge on any atom is -0.394 e. The number of likely N-dealkylation sites (N-methyl/N-ethyl adjacent to an activating group) is 1. The molecule has 0 unspecified atom stereocenters. The van der Waals surface area contributed by atoms with Crippen LogP contribution in [0.2, 0.25) is 0 Å². The van der Waals surface area contributed by atoms with Crippen molar-refractivity contribution in [2.75, 3.05) is 26.7 Å². The number of carbonyl (C=O) groups excluding carboxylic acids is 1. The van der Waals surface area contributed by atoms with Gasteiger partial charge in [0.15, 0.2) is 0 Å². The summed E-state index contributed by atoms with van der Waals surface area (Å²) in [6, 6.07) is 35.3. The molecule has 6 rings (SSSR count). The van der Waals surface area contributed by atoms with Gasteiger partial charge < -0.3 is 19.3 Å². The molecule has 0 aliphatic carbocycles. The van der Waals surface area contributed by atoms with Crippen molar-refractivity contribution in [3.05, 3.63) is 120 Å². The number of para-hydroxylation sites is 1. The molecule has 45 heavy (non-hydrogen) atoms. The first kappa shape index (κ1) is 30.8. The van der Waals surface area contributed by atoms with Crippen LogP contribution in [0, 0.1) is 5.92 Å². The zero-order valence-corrected chi connectivity index (χ0v) is 26.7. The fourth-order valence-electron chi connectivity index (χ4n) is 6.64. The number of amides is 1. The van der Waals surface area contributed by atoms with Gasteiger partial charge >= 0.3 is 0 Å². The van der Waals surface area contributed by atoms with Gasteiger partial charge in [-0.2, -0.15) is 0 Å². The number of aliphatic hydroxyl groups is 1. The fourth-order valence-corrected chi connectivity index (χ4v) is 6.64. The molecule has 5 aromatic rings. The highest BCUT2D eigenvalue weighted by atomic mass is 16.5. The van der Waals surface area contributed by atoms with E-state index < -0.39 is 0 Å². The van der Waals surface area contributed by atoms with Crippen molar-refractivity contribution < 1.29 is 14.6 Å². The zero-order valence-electron chi connectivity index (χ0n) is 26.7. The number of aromatic nitrogens is 1. The summed E-state index contributed by atoms with van der Waals surface area (Å²) in [6.07, 6.45) is -0.134. The van der Waals surface area contributed by atoms with Crippen LogP contribution in [0.1, 0.15) is 35.5 Å². The summed E-state index contributed by atoms with van der Waals surface area (Å²) < 4.78 is 8.79. The lowest BCUT2D eigenvalue weighted by atomic mass is 9.96. The highest BCUT2D eigenvalue weighted by Crippen LogP contribution is 2.38. The van der Waals surface area contributed by atoms with E-state index in [1.165, 1.54) is 16.7 Å². The molecule has 0 radical (unpaired) electrons. The van der Waals surface area contributed by atoms with Crippen molar-refractivity contribution in [3.63, 3.8) is 0 Å². The molecule has 1 aliphatic heterocycles. The first-order chi connectivity index (χ1) is 21.9. The van der Waals surface area contributed by atoms with Crippen LogP contribution in [-0.4, -0.2) is 64.3 Å². The minimum absolute atomic E-state index is 0.0225.